The van der Waals surface area contributed by atoms with Crippen molar-refractivity contribution in [2.45, 2.75) is 44.9 Å². The maximum Gasteiger partial charge on any atom is 0.317 e. The monoisotopic (exact) mass is 343 g/mol. The summed E-state index contributed by atoms with van der Waals surface area (Å²) in [5, 5.41) is 2.89. The predicted octanol–water partition coefficient (Wildman–Crippen LogP) is 3.22. The molecule has 1 atom stereocenters. The van der Waals surface area contributed by atoms with Crippen molar-refractivity contribution in [2.24, 2.45) is 0 Å². The molecular formula is C20H29N3O2. The van der Waals surface area contributed by atoms with Crippen LogP contribution in [0, 0.1) is 0 Å². The van der Waals surface area contributed by atoms with Gasteiger partial charge in [-0.3, -0.25) is 4.79 Å². The Labute approximate surface area is 150 Å². The lowest BCUT2D eigenvalue weighted by atomic mass is 9.89. The van der Waals surface area contributed by atoms with Crippen molar-refractivity contribution in [3.8, 4) is 0 Å². The number of benzene rings is 1. The van der Waals surface area contributed by atoms with Crippen LogP contribution in [-0.2, 0) is 0 Å². The number of hydrogen-bond donors (Lipinski definition) is 1. The van der Waals surface area contributed by atoms with Crippen LogP contribution in [0.2, 0.25) is 0 Å². The van der Waals surface area contributed by atoms with E-state index in [2.05, 4.69) is 11.4 Å². The van der Waals surface area contributed by atoms with Gasteiger partial charge in [0.05, 0.1) is 0 Å². The average Bonchev–Trinajstić information content (AvgIpc) is 2.68. The third-order valence-corrected chi connectivity index (χ3v) is 5.28. The Bertz CT molecular complexity index is 611. The van der Waals surface area contributed by atoms with E-state index in [4.69, 9.17) is 0 Å². The van der Waals surface area contributed by atoms with Crippen molar-refractivity contribution < 1.29 is 9.59 Å². The molecule has 0 radical (unpaired) electrons. The molecule has 5 heteroatoms. The van der Waals surface area contributed by atoms with E-state index in [0.29, 0.717) is 12.5 Å². The van der Waals surface area contributed by atoms with E-state index in [1.165, 1.54) is 12.0 Å². The molecule has 2 aliphatic rings. The Balaban J connectivity index is 1.70. The van der Waals surface area contributed by atoms with Gasteiger partial charge in [0.1, 0.15) is 0 Å². The number of nitrogens with one attached hydrogen (secondary N) is 1. The first-order valence-corrected chi connectivity index (χ1v) is 9.61. The highest BCUT2D eigenvalue weighted by Gasteiger charge is 2.25. The molecule has 0 spiro atoms. The summed E-state index contributed by atoms with van der Waals surface area (Å²) >= 11 is 0. The summed E-state index contributed by atoms with van der Waals surface area (Å²) in [5.41, 5.74) is 1.96. The van der Waals surface area contributed by atoms with Gasteiger partial charge < -0.3 is 15.1 Å². The van der Waals surface area contributed by atoms with Gasteiger partial charge in [0, 0.05) is 44.2 Å². The summed E-state index contributed by atoms with van der Waals surface area (Å²) < 4.78 is 0. The minimum absolute atomic E-state index is 0.0211. The number of hydrogen-bond acceptors (Lipinski definition) is 2. The second kappa shape index (κ2) is 8.37. The fourth-order valence-electron chi connectivity index (χ4n) is 3.90. The molecule has 0 unspecified atom stereocenters. The summed E-state index contributed by atoms with van der Waals surface area (Å²) in [5.74, 6) is 0.461. The molecule has 1 N–H and O–H groups in total. The van der Waals surface area contributed by atoms with Crippen molar-refractivity contribution in [1.29, 1.82) is 0 Å². The number of carbonyl (C=O) groups excluding carboxylic acids is 2. The first kappa shape index (κ1) is 17.8. The number of piperidine rings is 2. The summed E-state index contributed by atoms with van der Waals surface area (Å²) in [6.07, 6.45) is 5.51. The number of nitrogens with zero attached hydrogens (tertiary/aromatic N) is 2. The van der Waals surface area contributed by atoms with E-state index in [9.17, 15) is 9.59 Å². The summed E-state index contributed by atoms with van der Waals surface area (Å²) in [6.45, 7) is 5.88. The molecule has 5 nitrogen and oxygen atoms in total. The van der Waals surface area contributed by atoms with Crippen molar-refractivity contribution in [3.05, 3.63) is 35.4 Å². The molecule has 2 aliphatic heterocycles. The lowest BCUT2D eigenvalue weighted by molar-refractivity contribution is 0.0724. The molecule has 1 aromatic carbocycles. The molecule has 0 saturated carbocycles. The molecule has 1 aromatic rings. The van der Waals surface area contributed by atoms with Crippen LogP contribution in [0.5, 0.6) is 0 Å². The third kappa shape index (κ3) is 4.33. The van der Waals surface area contributed by atoms with Crippen molar-refractivity contribution in [3.63, 3.8) is 0 Å². The highest BCUT2D eigenvalue weighted by atomic mass is 16.2. The van der Waals surface area contributed by atoms with Crippen LogP contribution in [0.25, 0.3) is 0 Å². The summed E-state index contributed by atoms with van der Waals surface area (Å²) in [4.78, 5) is 28.7. The maximum absolute atomic E-state index is 12.7. The largest absolute Gasteiger partial charge is 0.339 e. The van der Waals surface area contributed by atoms with Crippen LogP contribution >= 0.6 is 0 Å². The molecule has 136 valence electrons. The predicted molar refractivity (Wildman–Crippen MR) is 98.8 cm³/mol. The molecule has 0 bridgehead atoms. The SMILES string of the molecule is CCNC(=O)N1CCC[C@H](c2cccc(C(=O)N3CCCCC3)c2)C1. The molecule has 3 rings (SSSR count). The van der Waals surface area contributed by atoms with E-state index >= 15 is 0 Å². The van der Waals surface area contributed by atoms with Crippen LogP contribution in [0.15, 0.2) is 24.3 Å². The quantitative estimate of drug-likeness (QED) is 0.916. The van der Waals surface area contributed by atoms with Crippen LogP contribution < -0.4 is 5.32 Å². The fraction of sp³-hybridized carbons (Fsp3) is 0.600. The number of amides is 3. The first-order chi connectivity index (χ1) is 12.2. The Hall–Kier alpha value is -2.04. The smallest absolute Gasteiger partial charge is 0.317 e. The normalized spacial score (nSPS) is 21.1. The number of rotatable bonds is 3. The molecule has 0 aliphatic carbocycles. The molecule has 2 saturated heterocycles. The van der Waals surface area contributed by atoms with E-state index in [1.807, 2.05) is 34.9 Å². The lowest BCUT2D eigenvalue weighted by Gasteiger charge is -2.33. The number of carbonyl (C=O) groups is 2. The topological polar surface area (TPSA) is 52.7 Å². The highest BCUT2D eigenvalue weighted by molar-refractivity contribution is 5.94. The lowest BCUT2D eigenvalue weighted by Crippen LogP contribution is -2.44. The zero-order valence-corrected chi connectivity index (χ0v) is 15.2. The van der Waals surface area contributed by atoms with Crippen LogP contribution in [0.1, 0.15) is 60.9 Å². The summed E-state index contributed by atoms with van der Waals surface area (Å²) in [7, 11) is 0. The van der Waals surface area contributed by atoms with Gasteiger partial charge in [0.2, 0.25) is 0 Å². The Morgan fingerprint density at radius 2 is 1.84 bits per heavy atom. The average molecular weight is 343 g/mol. The first-order valence-electron chi connectivity index (χ1n) is 9.61. The van der Waals surface area contributed by atoms with E-state index in [0.717, 1.165) is 57.4 Å². The van der Waals surface area contributed by atoms with Gasteiger partial charge in [-0.15, -0.1) is 0 Å². The molecule has 2 heterocycles. The van der Waals surface area contributed by atoms with E-state index < -0.39 is 0 Å². The van der Waals surface area contributed by atoms with Gasteiger partial charge in [-0.25, -0.2) is 4.79 Å². The van der Waals surface area contributed by atoms with Gasteiger partial charge in [-0.2, -0.15) is 0 Å². The van der Waals surface area contributed by atoms with Crippen molar-refractivity contribution >= 4 is 11.9 Å². The fourth-order valence-corrected chi connectivity index (χ4v) is 3.90. The Morgan fingerprint density at radius 3 is 2.60 bits per heavy atom. The van der Waals surface area contributed by atoms with Crippen molar-refractivity contribution in [2.75, 3.05) is 32.7 Å². The minimum Gasteiger partial charge on any atom is -0.339 e. The zero-order valence-electron chi connectivity index (χ0n) is 15.2. The van der Waals surface area contributed by atoms with Crippen LogP contribution in [0.4, 0.5) is 4.79 Å². The number of urea groups is 1. The number of likely N-dealkylation sites (tertiary alicyclic amines) is 2. The Kier molecular flexibility index (Phi) is 5.95. The van der Waals surface area contributed by atoms with Crippen LogP contribution in [-0.4, -0.2) is 54.5 Å². The second-order valence-corrected chi connectivity index (χ2v) is 7.10. The minimum atomic E-state index is 0.0211. The van der Waals surface area contributed by atoms with Crippen LogP contribution in [0.3, 0.4) is 0 Å². The maximum atomic E-state index is 12.7. The molecule has 0 aromatic heterocycles. The second-order valence-electron chi connectivity index (χ2n) is 7.10. The highest BCUT2D eigenvalue weighted by Crippen LogP contribution is 2.28. The Morgan fingerprint density at radius 1 is 1.08 bits per heavy atom. The summed E-state index contributed by atoms with van der Waals surface area (Å²) in [6, 6.07) is 8.07. The molecule has 3 amide bonds. The third-order valence-electron chi connectivity index (χ3n) is 5.28. The van der Waals surface area contributed by atoms with E-state index in [-0.39, 0.29) is 11.9 Å². The van der Waals surface area contributed by atoms with Gasteiger partial charge >= 0.3 is 6.03 Å². The standard InChI is InChI=1S/C20H29N3O2/c1-2-21-20(25)23-13-7-10-18(15-23)16-8-6-9-17(14-16)19(24)22-11-4-3-5-12-22/h6,8-9,14,18H,2-5,7,10-13,15H2,1H3,(H,21,25)/t18-/m0/s1. The zero-order chi connectivity index (χ0) is 17.6. The molecular weight excluding hydrogens is 314 g/mol. The van der Waals surface area contributed by atoms with Gasteiger partial charge in [-0.05, 0) is 56.7 Å². The van der Waals surface area contributed by atoms with Gasteiger partial charge in [-0.1, -0.05) is 12.1 Å². The van der Waals surface area contributed by atoms with Crippen molar-refractivity contribution in [1.82, 2.24) is 15.1 Å². The van der Waals surface area contributed by atoms with E-state index in [1.54, 1.807) is 0 Å². The molecule has 25 heavy (non-hydrogen) atoms. The van der Waals surface area contributed by atoms with Gasteiger partial charge in [0.15, 0.2) is 0 Å². The molecule has 2 fully saturated rings. The van der Waals surface area contributed by atoms with Gasteiger partial charge in [0.25, 0.3) is 5.91 Å².